The summed E-state index contributed by atoms with van der Waals surface area (Å²) in [5, 5.41) is 0. The third kappa shape index (κ3) is 4.12. The van der Waals surface area contributed by atoms with Crippen LogP contribution in [0.4, 0.5) is 0 Å². The molecule has 0 atom stereocenters. The highest BCUT2D eigenvalue weighted by atomic mass is 32.2. The van der Waals surface area contributed by atoms with Gasteiger partial charge in [0.15, 0.2) is 0 Å². The predicted octanol–water partition coefficient (Wildman–Crippen LogP) is 7.65. The minimum absolute atomic E-state index is 0.754. The number of benzene rings is 4. The average molecular weight is 433 g/mol. The van der Waals surface area contributed by atoms with E-state index in [0.717, 1.165) is 34.9 Å². The van der Waals surface area contributed by atoms with Crippen molar-refractivity contribution in [1.29, 1.82) is 0 Å². The standard InChI is InChI=1S/C29H24N2S/c1-32-26-19-17-25(18-20-26)29-30-27(23-13-7-3-8-14-23)28(24-15-9-4-10-16-24)31(29)21-22-11-5-2-6-12-22/h2-20H,21H2,1H3. The summed E-state index contributed by atoms with van der Waals surface area (Å²) < 4.78 is 2.36. The Hall–Kier alpha value is -3.56. The lowest BCUT2D eigenvalue weighted by Gasteiger charge is -2.14. The molecule has 0 aliphatic rings. The van der Waals surface area contributed by atoms with E-state index in [-0.39, 0.29) is 0 Å². The molecule has 0 saturated carbocycles. The molecule has 0 N–H and O–H groups in total. The van der Waals surface area contributed by atoms with Crippen LogP contribution in [-0.2, 0) is 6.54 Å². The minimum atomic E-state index is 0.754. The first-order chi connectivity index (χ1) is 15.8. The molecular weight excluding hydrogens is 408 g/mol. The number of thioether (sulfide) groups is 1. The number of nitrogens with zero attached hydrogens (tertiary/aromatic N) is 2. The summed E-state index contributed by atoms with van der Waals surface area (Å²) >= 11 is 1.75. The molecule has 0 amide bonds. The highest BCUT2D eigenvalue weighted by Crippen LogP contribution is 2.37. The fourth-order valence-corrected chi connectivity index (χ4v) is 4.43. The number of aromatic nitrogens is 2. The maximum absolute atomic E-state index is 5.23. The fraction of sp³-hybridized carbons (Fsp3) is 0.0690. The first kappa shape index (κ1) is 20.3. The van der Waals surface area contributed by atoms with Crippen LogP contribution in [0.1, 0.15) is 5.56 Å². The summed E-state index contributed by atoms with van der Waals surface area (Å²) in [6, 6.07) is 40.4. The van der Waals surface area contributed by atoms with Crippen molar-refractivity contribution >= 4 is 11.8 Å². The molecule has 5 rings (SSSR count). The smallest absolute Gasteiger partial charge is 0.141 e. The van der Waals surface area contributed by atoms with E-state index in [1.54, 1.807) is 11.8 Å². The summed E-state index contributed by atoms with van der Waals surface area (Å²) in [6.07, 6.45) is 2.10. The number of hydrogen-bond donors (Lipinski definition) is 0. The van der Waals surface area contributed by atoms with Gasteiger partial charge in [0.25, 0.3) is 0 Å². The van der Waals surface area contributed by atoms with Crippen molar-refractivity contribution < 1.29 is 0 Å². The van der Waals surface area contributed by atoms with Gasteiger partial charge in [0, 0.05) is 28.1 Å². The Morgan fingerprint density at radius 1 is 0.625 bits per heavy atom. The van der Waals surface area contributed by atoms with Crippen LogP contribution in [0.25, 0.3) is 33.9 Å². The number of rotatable bonds is 6. The molecule has 3 heteroatoms. The molecule has 1 heterocycles. The molecule has 2 nitrogen and oxygen atoms in total. The zero-order chi connectivity index (χ0) is 21.8. The summed E-state index contributed by atoms with van der Waals surface area (Å²) in [5.41, 5.74) is 6.82. The van der Waals surface area contributed by atoms with Crippen molar-refractivity contribution in [2.24, 2.45) is 0 Å². The van der Waals surface area contributed by atoms with E-state index in [4.69, 9.17) is 4.98 Å². The van der Waals surface area contributed by atoms with Crippen molar-refractivity contribution in [3.63, 3.8) is 0 Å². The quantitative estimate of drug-likeness (QED) is 0.256. The molecule has 0 aliphatic carbocycles. The maximum atomic E-state index is 5.23. The van der Waals surface area contributed by atoms with Gasteiger partial charge in [-0.05, 0) is 24.0 Å². The SMILES string of the molecule is CSc1ccc(-c2nc(-c3ccccc3)c(-c3ccccc3)n2Cc2ccccc2)cc1. The summed E-state index contributed by atoms with van der Waals surface area (Å²) in [6.45, 7) is 0.754. The Morgan fingerprint density at radius 2 is 1.19 bits per heavy atom. The maximum Gasteiger partial charge on any atom is 0.141 e. The molecule has 0 saturated heterocycles. The van der Waals surface area contributed by atoms with Gasteiger partial charge in [-0.3, -0.25) is 0 Å². The summed E-state index contributed by atoms with van der Waals surface area (Å²) in [4.78, 5) is 6.49. The molecule has 1 aromatic heterocycles. The van der Waals surface area contributed by atoms with Crippen molar-refractivity contribution in [2.45, 2.75) is 11.4 Å². The molecule has 0 radical (unpaired) electrons. The molecular formula is C29H24N2S. The van der Waals surface area contributed by atoms with Gasteiger partial charge in [0.1, 0.15) is 5.82 Å². The average Bonchev–Trinajstić information content (AvgIpc) is 3.25. The third-order valence-electron chi connectivity index (χ3n) is 5.59. The van der Waals surface area contributed by atoms with E-state index in [9.17, 15) is 0 Å². The summed E-state index contributed by atoms with van der Waals surface area (Å²) in [7, 11) is 0. The van der Waals surface area contributed by atoms with Crippen molar-refractivity contribution in [3.8, 4) is 33.9 Å². The topological polar surface area (TPSA) is 17.8 Å². The highest BCUT2D eigenvalue weighted by molar-refractivity contribution is 7.98. The lowest BCUT2D eigenvalue weighted by atomic mass is 10.0. The molecule has 4 aromatic carbocycles. The Bertz CT molecular complexity index is 1290. The Labute approximate surface area is 193 Å². The Morgan fingerprint density at radius 3 is 1.78 bits per heavy atom. The van der Waals surface area contributed by atoms with Crippen molar-refractivity contribution in [2.75, 3.05) is 6.26 Å². The van der Waals surface area contributed by atoms with Crippen LogP contribution in [0.15, 0.2) is 120 Å². The van der Waals surface area contributed by atoms with Crippen LogP contribution >= 0.6 is 11.8 Å². The molecule has 0 fully saturated rings. The molecule has 0 spiro atoms. The largest absolute Gasteiger partial charge is 0.319 e. The van der Waals surface area contributed by atoms with Crippen molar-refractivity contribution in [1.82, 2.24) is 9.55 Å². The zero-order valence-electron chi connectivity index (χ0n) is 18.0. The monoisotopic (exact) mass is 432 g/mol. The van der Waals surface area contributed by atoms with E-state index in [0.29, 0.717) is 0 Å². The first-order valence-electron chi connectivity index (χ1n) is 10.7. The summed E-state index contributed by atoms with van der Waals surface area (Å²) in [5.74, 6) is 0.985. The molecule has 0 bridgehead atoms. The Balaban J connectivity index is 1.77. The van der Waals surface area contributed by atoms with Gasteiger partial charge in [0.2, 0.25) is 0 Å². The van der Waals surface area contributed by atoms with Crippen LogP contribution in [0, 0.1) is 0 Å². The third-order valence-corrected chi connectivity index (χ3v) is 6.34. The fourth-order valence-electron chi connectivity index (χ4n) is 4.02. The number of hydrogen-bond acceptors (Lipinski definition) is 2. The molecule has 32 heavy (non-hydrogen) atoms. The van der Waals surface area contributed by atoms with E-state index in [1.165, 1.54) is 16.0 Å². The van der Waals surface area contributed by atoms with E-state index in [2.05, 4.69) is 126 Å². The number of imidazole rings is 1. The normalized spacial score (nSPS) is 10.9. The van der Waals surface area contributed by atoms with Crippen LogP contribution in [-0.4, -0.2) is 15.8 Å². The van der Waals surface area contributed by atoms with Gasteiger partial charge in [-0.2, -0.15) is 0 Å². The second-order valence-electron chi connectivity index (χ2n) is 7.66. The van der Waals surface area contributed by atoms with Crippen LogP contribution in [0.2, 0.25) is 0 Å². The lowest BCUT2D eigenvalue weighted by molar-refractivity contribution is 0.814. The minimum Gasteiger partial charge on any atom is -0.319 e. The zero-order valence-corrected chi connectivity index (χ0v) is 18.8. The van der Waals surface area contributed by atoms with Gasteiger partial charge in [-0.15, -0.1) is 11.8 Å². The van der Waals surface area contributed by atoms with Gasteiger partial charge >= 0.3 is 0 Å². The van der Waals surface area contributed by atoms with E-state index in [1.807, 2.05) is 0 Å². The van der Waals surface area contributed by atoms with Crippen LogP contribution in [0.5, 0.6) is 0 Å². The van der Waals surface area contributed by atoms with Crippen molar-refractivity contribution in [3.05, 3.63) is 121 Å². The molecule has 156 valence electrons. The lowest BCUT2D eigenvalue weighted by Crippen LogP contribution is -2.04. The van der Waals surface area contributed by atoms with Crippen LogP contribution < -0.4 is 0 Å². The van der Waals surface area contributed by atoms with Gasteiger partial charge < -0.3 is 4.57 Å². The second-order valence-corrected chi connectivity index (χ2v) is 8.54. The van der Waals surface area contributed by atoms with E-state index >= 15 is 0 Å². The second kappa shape index (κ2) is 9.29. The predicted molar refractivity (Wildman–Crippen MR) is 136 cm³/mol. The molecule has 0 aliphatic heterocycles. The molecule has 0 unspecified atom stereocenters. The van der Waals surface area contributed by atoms with Crippen LogP contribution in [0.3, 0.4) is 0 Å². The van der Waals surface area contributed by atoms with Gasteiger partial charge in [0.05, 0.1) is 11.4 Å². The highest BCUT2D eigenvalue weighted by Gasteiger charge is 2.21. The first-order valence-corrected chi connectivity index (χ1v) is 12.0. The molecule has 5 aromatic rings. The van der Waals surface area contributed by atoms with Gasteiger partial charge in [-0.25, -0.2) is 4.98 Å². The Kier molecular flexibility index (Phi) is 5.91. The van der Waals surface area contributed by atoms with Gasteiger partial charge in [-0.1, -0.05) is 103 Å². The van der Waals surface area contributed by atoms with E-state index < -0.39 is 0 Å².